The van der Waals surface area contributed by atoms with E-state index >= 15 is 0 Å². The van der Waals surface area contributed by atoms with Gasteiger partial charge in [-0.3, -0.25) is 9.59 Å². The summed E-state index contributed by atoms with van der Waals surface area (Å²) in [6, 6.07) is 7.80. The first-order chi connectivity index (χ1) is 12.7. The lowest BCUT2D eigenvalue weighted by Crippen LogP contribution is -2.36. The van der Waals surface area contributed by atoms with Gasteiger partial charge in [-0.25, -0.2) is 0 Å². The average Bonchev–Trinajstić information content (AvgIpc) is 3.25. The highest BCUT2D eigenvalue weighted by molar-refractivity contribution is 7.96. The van der Waals surface area contributed by atoms with Crippen molar-refractivity contribution < 1.29 is 9.59 Å². The highest BCUT2D eigenvalue weighted by atomic mass is 32.1. The Balaban J connectivity index is 2.24. The van der Waals surface area contributed by atoms with Crippen molar-refractivity contribution in [2.45, 2.75) is 47.1 Å². The minimum atomic E-state index is -0.290. The lowest BCUT2D eigenvalue weighted by Gasteiger charge is -2.28. The van der Waals surface area contributed by atoms with E-state index in [0.29, 0.717) is 13.0 Å². The smallest absolute Gasteiger partial charge is 0.194 e. The van der Waals surface area contributed by atoms with Crippen LogP contribution in [0.3, 0.4) is 0 Å². The van der Waals surface area contributed by atoms with Crippen LogP contribution in [0.25, 0.3) is 5.57 Å². The summed E-state index contributed by atoms with van der Waals surface area (Å²) in [5.41, 5.74) is 1.12. The van der Waals surface area contributed by atoms with E-state index in [2.05, 4.69) is 49.7 Å². The molecule has 0 N–H and O–H groups in total. The summed E-state index contributed by atoms with van der Waals surface area (Å²) in [5, 5.41) is -0.114. The van der Waals surface area contributed by atoms with Crippen LogP contribution in [-0.4, -0.2) is 28.4 Å². The van der Waals surface area contributed by atoms with Crippen LogP contribution in [0, 0.1) is 19.8 Å². The van der Waals surface area contributed by atoms with E-state index in [1.165, 1.54) is 21.1 Å². The molecule has 0 radical (unpaired) electrons. The van der Waals surface area contributed by atoms with Crippen molar-refractivity contribution in [2.24, 2.45) is 5.92 Å². The van der Waals surface area contributed by atoms with Crippen LogP contribution in [0.5, 0.6) is 0 Å². The number of carbonyl (C=O) groups is 2. The van der Waals surface area contributed by atoms with Crippen molar-refractivity contribution in [2.75, 3.05) is 6.54 Å². The zero-order chi connectivity index (χ0) is 20.1. The van der Waals surface area contributed by atoms with Crippen LogP contribution in [-0.2, 0) is 4.79 Å². The van der Waals surface area contributed by atoms with E-state index in [1.807, 2.05) is 32.9 Å². The summed E-state index contributed by atoms with van der Waals surface area (Å²) in [6.07, 6.45) is 2.72. The second-order valence-corrected chi connectivity index (χ2v) is 9.96. The van der Waals surface area contributed by atoms with Crippen molar-refractivity contribution in [1.82, 2.24) is 4.90 Å². The second kappa shape index (κ2) is 9.71. The highest BCUT2D eigenvalue weighted by Gasteiger charge is 2.23. The number of carbonyl (C=O) groups excluding carboxylic acids is 2. The summed E-state index contributed by atoms with van der Waals surface area (Å²) < 4.78 is 0. The van der Waals surface area contributed by atoms with Gasteiger partial charge in [0, 0.05) is 33.3 Å². The van der Waals surface area contributed by atoms with Crippen LogP contribution in [0.1, 0.15) is 51.5 Å². The molecule has 146 valence electrons. The first-order valence-electron chi connectivity index (χ1n) is 9.03. The van der Waals surface area contributed by atoms with Crippen LogP contribution in [0.4, 0.5) is 0 Å². The maximum Gasteiger partial charge on any atom is 0.194 e. The van der Waals surface area contributed by atoms with Crippen LogP contribution in [0.2, 0.25) is 0 Å². The maximum atomic E-state index is 13.0. The van der Waals surface area contributed by atoms with Gasteiger partial charge in [-0.1, -0.05) is 6.92 Å². The first-order valence-corrected chi connectivity index (χ1v) is 11.1. The predicted molar refractivity (Wildman–Crippen MR) is 120 cm³/mol. The Bertz CT molecular complexity index is 834. The fourth-order valence-electron chi connectivity index (χ4n) is 2.72. The SMILES string of the molecule is C/C(=C\N(CCC(C)C(=O)S)C(C)C(=O)c1ccc(C)s1)c1ccc(C)s1. The normalized spacial score (nSPS) is 14.1. The number of hydrogen-bond donors (Lipinski definition) is 1. The summed E-state index contributed by atoms with van der Waals surface area (Å²) in [7, 11) is 0. The Morgan fingerprint density at radius 3 is 2.11 bits per heavy atom. The summed E-state index contributed by atoms with van der Waals surface area (Å²) >= 11 is 7.21. The molecule has 0 aliphatic rings. The van der Waals surface area contributed by atoms with E-state index in [0.717, 1.165) is 15.3 Å². The molecule has 0 fully saturated rings. The number of hydrogen-bond acceptors (Lipinski definition) is 5. The number of nitrogens with zero attached hydrogens (tertiary/aromatic N) is 1. The molecule has 27 heavy (non-hydrogen) atoms. The zero-order valence-corrected chi connectivity index (χ0v) is 19.0. The molecule has 3 nitrogen and oxygen atoms in total. The molecule has 2 aromatic heterocycles. The highest BCUT2D eigenvalue weighted by Crippen LogP contribution is 2.26. The Morgan fingerprint density at radius 1 is 1.07 bits per heavy atom. The van der Waals surface area contributed by atoms with Gasteiger partial charge in [-0.05, 0) is 64.0 Å². The van der Waals surface area contributed by atoms with E-state index in [4.69, 9.17) is 0 Å². The van der Waals surface area contributed by atoms with Gasteiger partial charge in [0.25, 0.3) is 0 Å². The monoisotopic (exact) mass is 421 g/mol. The molecule has 2 heterocycles. The molecule has 2 aromatic rings. The number of Topliss-reactive ketones (excluding diaryl/α,β-unsaturated/α-hetero) is 1. The lowest BCUT2D eigenvalue weighted by atomic mass is 10.1. The van der Waals surface area contributed by atoms with Gasteiger partial charge in [0.15, 0.2) is 10.9 Å². The van der Waals surface area contributed by atoms with Crippen LogP contribution in [0.15, 0.2) is 30.5 Å². The van der Waals surface area contributed by atoms with Gasteiger partial charge >= 0.3 is 0 Å². The number of thiol groups is 1. The van der Waals surface area contributed by atoms with Gasteiger partial charge < -0.3 is 4.90 Å². The molecule has 0 aliphatic carbocycles. The maximum absolute atomic E-state index is 13.0. The molecular weight excluding hydrogens is 394 g/mol. The first kappa shape index (κ1) is 21.9. The molecule has 6 heteroatoms. The standard InChI is InChI=1S/C21H27NO2S3/c1-13(21(24)25)10-11-22(12-14(2)18-8-6-15(3)26-18)17(5)20(23)19-9-7-16(4)27-19/h6-9,12-13,17H,10-11H2,1-5H3,(H,24,25)/b14-12+. The molecule has 2 atom stereocenters. The van der Waals surface area contributed by atoms with E-state index in [1.54, 1.807) is 11.3 Å². The molecular formula is C21H27NO2S3. The number of thiophene rings is 2. The minimum absolute atomic E-state index is 0.114. The zero-order valence-electron chi connectivity index (χ0n) is 16.5. The Hall–Kier alpha value is -1.37. The molecule has 0 amide bonds. The third-order valence-electron chi connectivity index (χ3n) is 4.59. The van der Waals surface area contributed by atoms with Crippen LogP contribution >= 0.6 is 35.3 Å². The van der Waals surface area contributed by atoms with Gasteiger partial charge in [-0.2, -0.15) is 0 Å². The third-order valence-corrected chi connectivity index (χ3v) is 7.18. The minimum Gasteiger partial charge on any atom is -0.367 e. The molecule has 0 saturated heterocycles. The molecule has 2 rings (SSSR count). The van der Waals surface area contributed by atoms with Crippen molar-refractivity contribution in [3.05, 3.63) is 50.0 Å². The largest absolute Gasteiger partial charge is 0.367 e. The number of allylic oxidation sites excluding steroid dienone is 1. The molecule has 0 saturated carbocycles. The summed E-state index contributed by atoms with van der Waals surface area (Å²) in [6.45, 7) is 10.6. The van der Waals surface area contributed by atoms with Gasteiger partial charge in [0.2, 0.25) is 0 Å². The molecule has 2 unspecified atom stereocenters. The molecule has 0 aliphatic heterocycles. The van der Waals surface area contributed by atoms with E-state index in [-0.39, 0.29) is 22.9 Å². The number of ketones is 1. The molecule has 0 spiro atoms. The van der Waals surface area contributed by atoms with Crippen molar-refractivity contribution >= 4 is 51.8 Å². The van der Waals surface area contributed by atoms with Crippen LogP contribution < -0.4 is 0 Å². The number of rotatable bonds is 9. The quantitative estimate of drug-likeness (QED) is 0.408. The fourth-order valence-corrected chi connectivity index (χ4v) is 4.57. The van der Waals surface area contributed by atoms with E-state index < -0.39 is 0 Å². The topological polar surface area (TPSA) is 37.4 Å². The van der Waals surface area contributed by atoms with Crippen molar-refractivity contribution in [3.63, 3.8) is 0 Å². The Kier molecular flexibility index (Phi) is 7.89. The third kappa shape index (κ3) is 6.06. The Labute approximate surface area is 175 Å². The second-order valence-electron chi connectivity index (χ2n) is 6.94. The number of aryl methyl sites for hydroxylation is 2. The summed E-state index contributed by atoms with van der Waals surface area (Å²) in [4.78, 5) is 30.9. The summed E-state index contributed by atoms with van der Waals surface area (Å²) in [5.74, 6) is -0.0239. The van der Waals surface area contributed by atoms with Gasteiger partial charge in [0.1, 0.15) is 0 Å². The lowest BCUT2D eigenvalue weighted by molar-refractivity contribution is -0.114. The van der Waals surface area contributed by atoms with Crippen molar-refractivity contribution in [1.29, 1.82) is 0 Å². The predicted octanol–water partition coefficient (Wildman–Crippen LogP) is 5.84. The Morgan fingerprint density at radius 2 is 1.63 bits per heavy atom. The van der Waals surface area contributed by atoms with Gasteiger partial charge in [0.05, 0.1) is 10.9 Å². The molecule has 0 bridgehead atoms. The fraction of sp³-hybridized carbons (Fsp3) is 0.429. The van der Waals surface area contributed by atoms with Crippen molar-refractivity contribution in [3.8, 4) is 0 Å². The van der Waals surface area contributed by atoms with E-state index in [9.17, 15) is 9.59 Å². The average molecular weight is 422 g/mol. The van der Waals surface area contributed by atoms with Gasteiger partial charge in [-0.15, -0.1) is 35.3 Å². The molecule has 0 aromatic carbocycles.